The molecule has 1 aliphatic carbocycles. The third-order valence-corrected chi connectivity index (χ3v) is 3.44. The highest BCUT2D eigenvalue weighted by molar-refractivity contribution is 5.32. The number of hydrogen-bond acceptors (Lipinski definition) is 3. The summed E-state index contributed by atoms with van der Waals surface area (Å²) < 4.78 is 11.1. The smallest absolute Gasteiger partial charge is 0.123 e. The first-order valence-corrected chi connectivity index (χ1v) is 6.84. The van der Waals surface area contributed by atoms with E-state index in [9.17, 15) is 0 Å². The quantitative estimate of drug-likeness (QED) is 0.754. The summed E-state index contributed by atoms with van der Waals surface area (Å²) in [7, 11) is 1.71. The van der Waals surface area contributed by atoms with Gasteiger partial charge >= 0.3 is 0 Å². The van der Waals surface area contributed by atoms with Gasteiger partial charge in [0.2, 0.25) is 0 Å². The van der Waals surface area contributed by atoms with Crippen LogP contribution in [-0.2, 0) is 11.3 Å². The van der Waals surface area contributed by atoms with Crippen molar-refractivity contribution in [2.24, 2.45) is 0 Å². The first-order chi connectivity index (χ1) is 8.90. The van der Waals surface area contributed by atoms with Crippen LogP contribution in [0.3, 0.4) is 0 Å². The van der Waals surface area contributed by atoms with E-state index in [4.69, 9.17) is 9.47 Å². The standard InChI is InChI=1S/C15H23NO2/c1-17-15-9-5-2-6-13(15)12-16-10-11-18-14-7-3-4-8-14/h2,5-6,9,14,16H,3-4,7-8,10-12H2,1H3. The highest BCUT2D eigenvalue weighted by atomic mass is 16.5. The minimum absolute atomic E-state index is 0.512. The maximum absolute atomic E-state index is 5.80. The van der Waals surface area contributed by atoms with Crippen LogP contribution in [0.4, 0.5) is 0 Å². The molecule has 1 aliphatic rings. The number of benzene rings is 1. The molecule has 0 heterocycles. The van der Waals surface area contributed by atoms with Crippen molar-refractivity contribution in [1.29, 1.82) is 0 Å². The number of nitrogens with one attached hydrogen (secondary N) is 1. The minimum atomic E-state index is 0.512. The van der Waals surface area contributed by atoms with Gasteiger partial charge in [-0.2, -0.15) is 0 Å². The highest BCUT2D eigenvalue weighted by Crippen LogP contribution is 2.20. The topological polar surface area (TPSA) is 30.5 Å². The van der Waals surface area contributed by atoms with Crippen LogP contribution in [0.5, 0.6) is 5.75 Å². The van der Waals surface area contributed by atoms with E-state index in [-0.39, 0.29) is 0 Å². The molecule has 2 rings (SSSR count). The molecule has 0 bridgehead atoms. The Morgan fingerprint density at radius 1 is 1.22 bits per heavy atom. The van der Waals surface area contributed by atoms with Crippen LogP contribution in [0.15, 0.2) is 24.3 Å². The molecule has 1 saturated carbocycles. The summed E-state index contributed by atoms with van der Waals surface area (Å²) in [5.41, 5.74) is 1.20. The molecule has 0 aliphatic heterocycles. The molecule has 3 nitrogen and oxygen atoms in total. The summed E-state index contributed by atoms with van der Waals surface area (Å²) in [5, 5.41) is 3.40. The molecular formula is C15H23NO2. The lowest BCUT2D eigenvalue weighted by Gasteiger charge is -2.12. The van der Waals surface area contributed by atoms with E-state index < -0.39 is 0 Å². The second kappa shape index (κ2) is 7.39. The molecule has 0 aromatic heterocycles. The van der Waals surface area contributed by atoms with Gasteiger partial charge in [-0.1, -0.05) is 31.0 Å². The highest BCUT2D eigenvalue weighted by Gasteiger charge is 2.14. The van der Waals surface area contributed by atoms with E-state index in [0.717, 1.165) is 25.4 Å². The largest absolute Gasteiger partial charge is 0.496 e. The van der Waals surface area contributed by atoms with Crippen LogP contribution in [0.25, 0.3) is 0 Å². The predicted molar refractivity (Wildman–Crippen MR) is 72.9 cm³/mol. The molecule has 0 amide bonds. The zero-order valence-electron chi connectivity index (χ0n) is 11.2. The lowest BCUT2D eigenvalue weighted by atomic mass is 10.2. The monoisotopic (exact) mass is 249 g/mol. The van der Waals surface area contributed by atoms with Crippen molar-refractivity contribution in [3.05, 3.63) is 29.8 Å². The SMILES string of the molecule is COc1ccccc1CNCCOC1CCCC1. The molecule has 100 valence electrons. The van der Waals surface area contributed by atoms with Crippen LogP contribution in [0.2, 0.25) is 0 Å². The summed E-state index contributed by atoms with van der Waals surface area (Å²) in [6, 6.07) is 8.11. The lowest BCUT2D eigenvalue weighted by Crippen LogP contribution is -2.22. The molecule has 1 N–H and O–H groups in total. The van der Waals surface area contributed by atoms with Gasteiger partial charge in [-0.3, -0.25) is 0 Å². The third kappa shape index (κ3) is 4.00. The molecule has 0 atom stereocenters. The Hall–Kier alpha value is -1.06. The van der Waals surface area contributed by atoms with Crippen LogP contribution >= 0.6 is 0 Å². The first kappa shape index (κ1) is 13.4. The van der Waals surface area contributed by atoms with E-state index >= 15 is 0 Å². The van der Waals surface area contributed by atoms with Gasteiger partial charge in [0.1, 0.15) is 5.75 Å². The van der Waals surface area contributed by atoms with Gasteiger partial charge in [0.25, 0.3) is 0 Å². The van der Waals surface area contributed by atoms with Crippen molar-refractivity contribution in [3.8, 4) is 5.75 Å². The Morgan fingerprint density at radius 3 is 2.78 bits per heavy atom. The summed E-state index contributed by atoms with van der Waals surface area (Å²) in [6.07, 6.45) is 5.66. The van der Waals surface area contributed by atoms with Crippen LogP contribution in [0.1, 0.15) is 31.2 Å². The van der Waals surface area contributed by atoms with Gasteiger partial charge in [-0.15, -0.1) is 0 Å². The summed E-state index contributed by atoms with van der Waals surface area (Å²) >= 11 is 0. The van der Waals surface area contributed by atoms with E-state index in [0.29, 0.717) is 6.10 Å². The van der Waals surface area contributed by atoms with Gasteiger partial charge < -0.3 is 14.8 Å². The maximum Gasteiger partial charge on any atom is 0.123 e. The van der Waals surface area contributed by atoms with E-state index in [2.05, 4.69) is 11.4 Å². The average Bonchev–Trinajstić information content (AvgIpc) is 2.92. The Kier molecular flexibility index (Phi) is 5.49. The third-order valence-electron chi connectivity index (χ3n) is 3.44. The van der Waals surface area contributed by atoms with Gasteiger partial charge in [0, 0.05) is 18.7 Å². The number of methoxy groups -OCH3 is 1. The van der Waals surface area contributed by atoms with Crippen molar-refractivity contribution in [1.82, 2.24) is 5.32 Å². The minimum Gasteiger partial charge on any atom is -0.496 e. The summed E-state index contributed by atoms with van der Waals surface area (Å²) in [4.78, 5) is 0. The molecule has 1 aromatic carbocycles. The molecule has 0 saturated heterocycles. The van der Waals surface area contributed by atoms with E-state index in [1.807, 2.05) is 18.2 Å². The fourth-order valence-corrected chi connectivity index (χ4v) is 2.42. The Morgan fingerprint density at radius 2 is 2.00 bits per heavy atom. The number of hydrogen-bond donors (Lipinski definition) is 1. The average molecular weight is 249 g/mol. The van der Waals surface area contributed by atoms with Crippen molar-refractivity contribution in [3.63, 3.8) is 0 Å². The van der Waals surface area contributed by atoms with Gasteiger partial charge in [0.05, 0.1) is 19.8 Å². The number of ether oxygens (including phenoxy) is 2. The van der Waals surface area contributed by atoms with Gasteiger partial charge in [-0.05, 0) is 18.9 Å². The fraction of sp³-hybridized carbons (Fsp3) is 0.600. The molecule has 18 heavy (non-hydrogen) atoms. The Bertz CT molecular complexity index is 348. The molecule has 0 unspecified atom stereocenters. The Balaban J connectivity index is 1.62. The molecule has 1 fully saturated rings. The van der Waals surface area contributed by atoms with Crippen LogP contribution in [0, 0.1) is 0 Å². The van der Waals surface area contributed by atoms with Crippen molar-refractivity contribution in [2.45, 2.75) is 38.3 Å². The molecule has 3 heteroatoms. The molecule has 1 aromatic rings. The second-order valence-electron chi connectivity index (χ2n) is 4.77. The van der Waals surface area contributed by atoms with Crippen molar-refractivity contribution >= 4 is 0 Å². The summed E-state index contributed by atoms with van der Waals surface area (Å²) in [6.45, 7) is 2.53. The fourth-order valence-electron chi connectivity index (χ4n) is 2.42. The predicted octanol–water partition coefficient (Wildman–Crippen LogP) is 2.74. The Labute approximate surface area is 109 Å². The second-order valence-corrected chi connectivity index (χ2v) is 4.77. The molecular weight excluding hydrogens is 226 g/mol. The molecule has 0 spiro atoms. The van der Waals surface area contributed by atoms with Crippen LogP contribution < -0.4 is 10.1 Å². The zero-order valence-corrected chi connectivity index (χ0v) is 11.2. The number of rotatable bonds is 7. The van der Waals surface area contributed by atoms with E-state index in [1.54, 1.807) is 7.11 Å². The maximum atomic E-state index is 5.80. The van der Waals surface area contributed by atoms with Crippen LogP contribution in [-0.4, -0.2) is 26.4 Å². The van der Waals surface area contributed by atoms with E-state index in [1.165, 1.54) is 31.2 Å². The number of para-hydroxylation sites is 1. The summed E-state index contributed by atoms with van der Waals surface area (Å²) in [5.74, 6) is 0.946. The van der Waals surface area contributed by atoms with Crippen molar-refractivity contribution in [2.75, 3.05) is 20.3 Å². The van der Waals surface area contributed by atoms with Crippen molar-refractivity contribution < 1.29 is 9.47 Å². The normalized spacial score (nSPS) is 16.1. The van der Waals surface area contributed by atoms with Gasteiger partial charge in [-0.25, -0.2) is 0 Å². The van der Waals surface area contributed by atoms with Gasteiger partial charge in [0.15, 0.2) is 0 Å². The lowest BCUT2D eigenvalue weighted by molar-refractivity contribution is 0.0602. The first-order valence-electron chi connectivity index (χ1n) is 6.84. The molecule has 0 radical (unpaired) electrons. The zero-order chi connectivity index (χ0) is 12.6.